The summed E-state index contributed by atoms with van der Waals surface area (Å²) < 4.78 is 5.53. The van der Waals surface area contributed by atoms with Gasteiger partial charge in [0.2, 0.25) is 0 Å². The van der Waals surface area contributed by atoms with Gasteiger partial charge in [0.15, 0.2) is 0 Å². The van der Waals surface area contributed by atoms with Crippen LogP contribution < -0.4 is 4.74 Å². The van der Waals surface area contributed by atoms with Crippen LogP contribution in [0.4, 0.5) is 0 Å². The predicted octanol–water partition coefficient (Wildman–Crippen LogP) is 3.43. The molecule has 0 spiro atoms. The second-order valence-corrected chi connectivity index (χ2v) is 6.75. The maximum Gasteiger partial charge on any atom is 0.254 e. The van der Waals surface area contributed by atoms with Gasteiger partial charge in [-0.2, -0.15) is 0 Å². The number of nitrogens with one attached hydrogen (secondary N) is 1. The highest BCUT2D eigenvalue weighted by molar-refractivity contribution is 5.96. The van der Waals surface area contributed by atoms with E-state index in [1.807, 2.05) is 35.4 Å². The van der Waals surface area contributed by atoms with Crippen molar-refractivity contribution in [1.82, 2.24) is 14.9 Å². The summed E-state index contributed by atoms with van der Waals surface area (Å²) in [7, 11) is 0. The summed E-state index contributed by atoms with van der Waals surface area (Å²) in [6, 6.07) is 9.81. The van der Waals surface area contributed by atoms with Crippen molar-refractivity contribution in [3.63, 3.8) is 0 Å². The molecule has 2 aromatic heterocycles. The molecule has 26 heavy (non-hydrogen) atoms. The van der Waals surface area contributed by atoms with Crippen molar-refractivity contribution in [2.45, 2.75) is 12.8 Å². The Balaban J connectivity index is 1.37. The van der Waals surface area contributed by atoms with Crippen LogP contribution in [0.15, 0.2) is 48.8 Å². The van der Waals surface area contributed by atoms with Crippen LogP contribution >= 0.6 is 0 Å². The lowest BCUT2D eigenvalue weighted by atomic mass is 9.99. The molecule has 1 N–H and O–H groups in total. The van der Waals surface area contributed by atoms with Gasteiger partial charge in [-0.05, 0) is 47.9 Å². The van der Waals surface area contributed by atoms with E-state index in [-0.39, 0.29) is 5.91 Å². The van der Waals surface area contributed by atoms with Crippen LogP contribution in [0.5, 0.6) is 5.75 Å². The highest BCUT2D eigenvalue weighted by Gasteiger charge is 2.22. The summed E-state index contributed by atoms with van der Waals surface area (Å²) in [6.07, 6.45) is 7.70. The fourth-order valence-corrected chi connectivity index (χ4v) is 3.82. The predicted molar refractivity (Wildman–Crippen MR) is 100 cm³/mol. The van der Waals surface area contributed by atoms with Crippen molar-refractivity contribution in [2.24, 2.45) is 0 Å². The average Bonchev–Trinajstić information content (AvgIpc) is 3.34. The van der Waals surface area contributed by atoms with Gasteiger partial charge >= 0.3 is 0 Å². The van der Waals surface area contributed by atoms with Gasteiger partial charge in [0.05, 0.1) is 6.61 Å². The number of benzene rings is 1. The molecule has 0 radical (unpaired) electrons. The lowest BCUT2D eigenvalue weighted by Crippen LogP contribution is -2.34. The van der Waals surface area contributed by atoms with Crippen molar-refractivity contribution >= 4 is 22.5 Å². The van der Waals surface area contributed by atoms with Gasteiger partial charge in [-0.25, -0.2) is 4.98 Å². The normalized spacial score (nSPS) is 16.3. The second kappa shape index (κ2) is 6.02. The Morgan fingerprint density at radius 1 is 1.23 bits per heavy atom. The van der Waals surface area contributed by atoms with Gasteiger partial charge < -0.3 is 14.6 Å². The first-order valence-corrected chi connectivity index (χ1v) is 8.96. The van der Waals surface area contributed by atoms with Crippen LogP contribution in [0.25, 0.3) is 16.6 Å². The molecule has 5 rings (SSSR count). The summed E-state index contributed by atoms with van der Waals surface area (Å²) in [5.41, 5.74) is 5.26. The standard InChI is InChI=1S/C21H19N3O2/c25-21(16-3-4-19-15(12-16)7-11-26-19)24-9-5-14(6-10-24)18-13-23-20-17(18)2-1-8-22-20/h1-5,8,12-13H,6-7,9-11H2,(H,22,23). The Labute approximate surface area is 151 Å². The second-order valence-electron chi connectivity index (χ2n) is 6.75. The molecule has 130 valence electrons. The monoisotopic (exact) mass is 345 g/mol. The van der Waals surface area contributed by atoms with Crippen LogP contribution in [0.2, 0.25) is 0 Å². The van der Waals surface area contributed by atoms with Crippen LogP contribution in [0, 0.1) is 0 Å². The molecule has 0 atom stereocenters. The van der Waals surface area contributed by atoms with Crippen molar-refractivity contribution < 1.29 is 9.53 Å². The number of carbonyl (C=O) groups excluding carboxylic acids is 1. The van der Waals surface area contributed by atoms with Gasteiger partial charge in [-0.3, -0.25) is 4.79 Å². The molecule has 0 bridgehead atoms. The first kappa shape index (κ1) is 15.2. The fourth-order valence-electron chi connectivity index (χ4n) is 3.82. The molecule has 0 saturated heterocycles. The number of nitrogens with zero attached hydrogens (tertiary/aromatic N) is 2. The van der Waals surface area contributed by atoms with E-state index in [9.17, 15) is 4.79 Å². The Morgan fingerprint density at radius 3 is 3.08 bits per heavy atom. The number of hydrogen-bond acceptors (Lipinski definition) is 3. The Kier molecular flexibility index (Phi) is 3.52. The molecular weight excluding hydrogens is 326 g/mol. The van der Waals surface area contributed by atoms with Crippen LogP contribution in [-0.2, 0) is 6.42 Å². The van der Waals surface area contributed by atoms with Crippen LogP contribution in [0.3, 0.4) is 0 Å². The fraction of sp³-hybridized carbons (Fsp3) is 0.238. The van der Waals surface area contributed by atoms with Crippen molar-refractivity contribution in [3.8, 4) is 5.75 Å². The molecule has 0 fully saturated rings. The number of rotatable bonds is 2. The molecule has 5 nitrogen and oxygen atoms in total. The van der Waals surface area contributed by atoms with E-state index >= 15 is 0 Å². The van der Waals surface area contributed by atoms with Crippen LogP contribution in [-0.4, -0.2) is 40.5 Å². The third-order valence-corrected chi connectivity index (χ3v) is 5.23. The molecule has 0 unspecified atom stereocenters. The van der Waals surface area contributed by atoms with Gasteiger partial charge in [0.25, 0.3) is 5.91 Å². The number of pyridine rings is 1. The third-order valence-electron chi connectivity index (χ3n) is 5.23. The van der Waals surface area contributed by atoms with Crippen molar-refractivity contribution in [2.75, 3.05) is 19.7 Å². The van der Waals surface area contributed by atoms with E-state index in [0.717, 1.165) is 47.3 Å². The minimum atomic E-state index is 0.0931. The van der Waals surface area contributed by atoms with E-state index in [2.05, 4.69) is 22.1 Å². The number of hydrogen-bond donors (Lipinski definition) is 1. The summed E-state index contributed by atoms with van der Waals surface area (Å²) in [6.45, 7) is 2.07. The molecule has 1 amide bonds. The van der Waals surface area contributed by atoms with E-state index in [1.165, 1.54) is 11.1 Å². The van der Waals surface area contributed by atoms with E-state index in [0.29, 0.717) is 13.2 Å². The zero-order chi connectivity index (χ0) is 17.5. The highest BCUT2D eigenvalue weighted by Crippen LogP contribution is 2.30. The number of aromatic nitrogens is 2. The molecule has 1 aromatic carbocycles. The number of amides is 1. The molecule has 2 aliphatic heterocycles. The molecule has 0 aliphatic carbocycles. The van der Waals surface area contributed by atoms with Gasteiger partial charge in [0, 0.05) is 48.4 Å². The zero-order valence-electron chi connectivity index (χ0n) is 14.4. The summed E-state index contributed by atoms with van der Waals surface area (Å²) in [5.74, 6) is 1.01. The van der Waals surface area contributed by atoms with Gasteiger partial charge in [-0.1, -0.05) is 6.08 Å². The smallest absolute Gasteiger partial charge is 0.254 e. The lowest BCUT2D eigenvalue weighted by Gasteiger charge is -2.26. The summed E-state index contributed by atoms with van der Waals surface area (Å²) in [5, 5.41) is 1.14. The summed E-state index contributed by atoms with van der Waals surface area (Å²) in [4.78, 5) is 22.3. The molecule has 2 aliphatic rings. The van der Waals surface area contributed by atoms with Crippen LogP contribution in [0.1, 0.15) is 27.9 Å². The minimum Gasteiger partial charge on any atom is -0.493 e. The quantitative estimate of drug-likeness (QED) is 0.774. The molecule has 3 aromatic rings. The van der Waals surface area contributed by atoms with Crippen molar-refractivity contribution in [1.29, 1.82) is 0 Å². The van der Waals surface area contributed by atoms with E-state index < -0.39 is 0 Å². The average molecular weight is 345 g/mol. The highest BCUT2D eigenvalue weighted by atomic mass is 16.5. The molecule has 4 heterocycles. The number of ether oxygens (including phenoxy) is 1. The molecule has 0 saturated carbocycles. The van der Waals surface area contributed by atoms with E-state index in [1.54, 1.807) is 6.20 Å². The Hall–Kier alpha value is -3.08. The SMILES string of the molecule is O=C(c1ccc2c(c1)CCO2)N1CC=C(c2c[nH]c3ncccc23)CC1. The van der Waals surface area contributed by atoms with Gasteiger partial charge in [0.1, 0.15) is 11.4 Å². The number of H-pyrrole nitrogens is 1. The van der Waals surface area contributed by atoms with Gasteiger partial charge in [-0.15, -0.1) is 0 Å². The largest absolute Gasteiger partial charge is 0.493 e. The number of aromatic amines is 1. The number of fused-ring (bicyclic) bond motifs is 2. The number of carbonyl (C=O) groups is 1. The first-order valence-electron chi connectivity index (χ1n) is 8.96. The lowest BCUT2D eigenvalue weighted by molar-refractivity contribution is 0.0773. The Morgan fingerprint density at radius 2 is 2.19 bits per heavy atom. The molecule has 5 heteroatoms. The first-order chi connectivity index (χ1) is 12.8. The summed E-state index contributed by atoms with van der Waals surface area (Å²) >= 11 is 0. The maximum absolute atomic E-state index is 12.8. The van der Waals surface area contributed by atoms with E-state index in [4.69, 9.17) is 4.74 Å². The van der Waals surface area contributed by atoms with Crippen molar-refractivity contribution in [3.05, 3.63) is 65.5 Å². The third kappa shape index (κ3) is 2.47. The molecular formula is C21H19N3O2. The maximum atomic E-state index is 12.8. The zero-order valence-corrected chi connectivity index (χ0v) is 14.4. The Bertz CT molecular complexity index is 1030. The minimum absolute atomic E-state index is 0.0931. The topological polar surface area (TPSA) is 58.2 Å².